The summed E-state index contributed by atoms with van der Waals surface area (Å²) in [6.45, 7) is 0. The molecule has 190 valence electrons. The number of fused-ring (bicyclic) bond motifs is 6. The summed E-state index contributed by atoms with van der Waals surface area (Å²) < 4.78 is 13.9. The molecule has 39 heavy (non-hydrogen) atoms. The number of amides is 1. The molecule has 4 aromatic carbocycles. The summed E-state index contributed by atoms with van der Waals surface area (Å²) in [5.74, 6) is -2.51. The Kier molecular flexibility index (Phi) is 5.13. The molecule has 7 rings (SSSR count). The molecule has 1 fully saturated rings. The topological polar surface area (TPSA) is 66.5 Å². The van der Waals surface area contributed by atoms with Crippen molar-refractivity contribution in [3.63, 3.8) is 0 Å². The molecule has 0 radical (unpaired) electrons. The van der Waals surface area contributed by atoms with Crippen molar-refractivity contribution in [1.29, 1.82) is 0 Å². The second-order valence-corrected chi connectivity index (χ2v) is 10.2. The van der Waals surface area contributed by atoms with E-state index in [1.54, 1.807) is 24.3 Å². The van der Waals surface area contributed by atoms with Gasteiger partial charge in [-0.1, -0.05) is 72.8 Å². The van der Waals surface area contributed by atoms with Crippen molar-refractivity contribution in [3.05, 3.63) is 143 Å². The zero-order valence-corrected chi connectivity index (χ0v) is 20.8. The monoisotopic (exact) mass is 514 g/mol. The van der Waals surface area contributed by atoms with E-state index in [0.717, 1.165) is 11.1 Å². The van der Waals surface area contributed by atoms with Crippen molar-refractivity contribution in [3.8, 4) is 0 Å². The lowest BCUT2D eigenvalue weighted by molar-refractivity contribution is -0.122. The number of carbonyl (C=O) groups is 3. The molecule has 0 aliphatic carbocycles. The van der Waals surface area contributed by atoms with Crippen LogP contribution in [0.25, 0.3) is 6.08 Å². The van der Waals surface area contributed by atoms with Crippen molar-refractivity contribution in [2.24, 2.45) is 5.92 Å². The highest BCUT2D eigenvalue weighted by Gasteiger charge is 2.70. The Hall–Kier alpha value is -4.84. The second kappa shape index (κ2) is 8.60. The van der Waals surface area contributed by atoms with Crippen LogP contribution in [0.2, 0.25) is 0 Å². The van der Waals surface area contributed by atoms with E-state index in [2.05, 4.69) is 5.32 Å². The number of rotatable bonds is 4. The minimum atomic E-state index is -1.40. The maximum absolute atomic E-state index is 14.6. The van der Waals surface area contributed by atoms with Gasteiger partial charge in [0.1, 0.15) is 17.3 Å². The number of Topliss-reactive ketones (excluding diaryl/α,β-unsaturated/α-hetero) is 2. The van der Waals surface area contributed by atoms with Crippen molar-refractivity contribution < 1.29 is 18.8 Å². The molecular formula is C33H23FN2O3. The molecule has 1 N–H and O–H groups in total. The van der Waals surface area contributed by atoms with Crippen LogP contribution in [0.4, 0.5) is 10.1 Å². The highest BCUT2D eigenvalue weighted by molar-refractivity contribution is 6.16. The maximum Gasteiger partial charge on any atom is 0.238 e. The molecule has 3 aliphatic heterocycles. The Labute approximate surface area is 224 Å². The van der Waals surface area contributed by atoms with Gasteiger partial charge in [0, 0.05) is 23.0 Å². The van der Waals surface area contributed by atoms with Gasteiger partial charge in [0.05, 0.1) is 12.0 Å². The quantitative estimate of drug-likeness (QED) is 0.349. The smallest absolute Gasteiger partial charge is 0.238 e. The number of halogens is 1. The summed E-state index contributed by atoms with van der Waals surface area (Å²) in [4.78, 5) is 45.2. The summed E-state index contributed by atoms with van der Waals surface area (Å²) in [5, 5.41) is 3.03. The highest BCUT2D eigenvalue weighted by Crippen LogP contribution is 2.62. The van der Waals surface area contributed by atoms with Crippen LogP contribution in [-0.4, -0.2) is 28.4 Å². The van der Waals surface area contributed by atoms with Crippen molar-refractivity contribution in [2.75, 3.05) is 5.32 Å². The first kappa shape index (κ1) is 23.3. The maximum atomic E-state index is 14.6. The average molecular weight is 515 g/mol. The van der Waals surface area contributed by atoms with E-state index >= 15 is 0 Å². The largest absolute Gasteiger partial charge is 0.358 e. The van der Waals surface area contributed by atoms with Gasteiger partial charge >= 0.3 is 0 Å². The molecule has 4 aromatic rings. The summed E-state index contributed by atoms with van der Waals surface area (Å²) in [5.41, 5.74) is 2.40. The zero-order valence-electron chi connectivity index (χ0n) is 20.8. The lowest BCUT2D eigenvalue weighted by atomic mass is 9.62. The molecule has 4 atom stereocenters. The predicted molar refractivity (Wildman–Crippen MR) is 146 cm³/mol. The number of para-hydroxylation sites is 1. The van der Waals surface area contributed by atoms with Gasteiger partial charge in [0.15, 0.2) is 11.6 Å². The third kappa shape index (κ3) is 3.21. The molecule has 3 aliphatic rings. The van der Waals surface area contributed by atoms with Crippen LogP contribution in [0.15, 0.2) is 109 Å². The van der Waals surface area contributed by atoms with Crippen LogP contribution in [0, 0.1) is 11.7 Å². The highest BCUT2D eigenvalue weighted by atomic mass is 19.1. The molecule has 1 amide bonds. The number of anilines is 1. The van der Waals surface area contributed by atoms with Gasteiger partial charge in [-0.2, -0.15) is 0 Å². The van der Waals surface area contributed by atoms with E-state index in [4.69, 9.17) is 0 Å². The molecule has 1 spiro atoms. The van der Waals surface area contributed by atoms with Gasteiger partial charge in [-0.05, 0) is 53.1 Å². The number of ketones is 2. The third-order valence-corrected chi connectivity index (χ3v) is 8.31. The number of carbonyl (C=O) groups excluding carboxylic acids is 3. The third-order valence-electron chi connectivity index (χ3n) is 8.31. The molecule has 1 saturated heterocycles. The Bertz CT molecular complexity index is 1680. The van der Waals surface area contributed by atoms with E-state index in [9.17, 15) is 18.8 Å². The van der Waals surface area contributed by atoms with Crippen molar-refractivity contribution in [2.45, 2.75) is 17.5 Å². The Balaban J connectivity index is 1.54. The van der Waals surface area contributed by atoms with Crippen molar-refractivity contribution >= 4 is 29.2 Å². The Morgan fingerprint density at radius 1 is 0.769 bits per heavy atom. The van der Waals surface area contributed by atoms with Gasteiger partial charge in [0.2, 0.25) is 5.91 Å². The minimum Gasteiger partial charge on any atom is -0.358 e. The van der Waals surface area contributed by atoms with Crippen LogP contribution < -0.4 is 5.32 Å². The molecule has 3 heterocycles. The van der Waals surface area contributed by atoms with Gasteiger partial charge < -0.3 is 10.2 Å². The molecule has 5 nitrogen and oxygen atoms in total. The number of benzene rings is 4. The number of hydrogen-bond donors (Lipinski definition) is 1. The van der Waals surface area contributed by atoms with Crippen LogP contribution in [0.5, 0.6) is 0 Å². The molecule has 0 unspecified atom stereocenters. The van der Waals surface area contributed by atoms with Crippen LogP contribution in [0.3, 0.4) is 0 Å². The molecule has 0 saturated carbocycles. The first-order valence-electron chi connectivity index (χ1n) is 12.9. The number of hydrogen-bond acceptors (Lipinski definition) is 4. The molecule has 0 aromatic heterocycles. The van der Waals surface area contributed by atoms with E-state index in [1.165, 1.54) is 24.3 Å². The summed E-state index contributed by atoms with van der Waals surface area (Å²) >= 11 is 0. The van der Waals surface area contributed by atoms with E-state index < -0.39 is 29.2 Å². The van der Waals surface area contributed by atoms with Gasteiger partial charge in [0.25, 0.3) is 0 Å². The van der Waals surface area contributed by atoms with Crippen LogP contribution in [-0.2, 0) is 10.2 Å². The zero-order chi connectivity index (χ0) is 26.7. The number of nitrogens with zero attached hydrogens (tertiary/aromatic N) is 1. The van der Waals surface area contributed by atoms with E-state index in [0.29, 0.717) is 16.8 Å². The standard InChI is InChI=1S/C33H23FN2O3/c34-23-16-14-22(15-17-23)29(37)27-28(30(38)21-9-2-1-3-10-21)36-19-18-20-8-4-5-11-24(20)31(36)33(27)25-12-6-7-13-26(25)35-32(33)39/h1-19,27-28,31H,(H,35,39)/t27-,28+,31+,33-/m0/s1. The Morgan fingerprint density at radius 3 is 2.23 bits per heavy atom. The fourth-order valence-corrected chi connectivity index (χ4v) is 6.73. The summed E-state index contributed by atoms with van der Waals surface area (Å²) in [7, 11) is 0. The lowest BCUT2D eigenvalue weighted by Crippen LogP contribution is -2.49. The first-order valence-corrected chi connectivity index (χ1v) is 12.9. The molecule has 0 bridgehead atoms. The van der Waals surface area contributed by atoms with Crippen LogP contribution in [0.1, 0.15) is 43.4 Å². The van der Waals surface area contributed by atoms with Crippen molar-refractivity contribution in [1.82, 2.24) is 4.90 Å². The van der Waals surface area contributed by atoms with Gasteiger partial charge in [-0.25, -0.2) is 4.39 Å². The van der Waals surface area contributed by atoms with Crippen LogP contribution >= 0.6 is 0 Å². The normalized spacial score (nSPS) is 24.2. The second-order valence-electron chi connectivity index (χ2n) is 10.2. The summed E-state index contributed by atoms with van der Waals surface area (Å²) in [6, 6.07) is 27.7. The average Bonchev–Trinajstić information content (AvgIpc) is 3.45. The summed E-state index contributed by atoms with van der Waals surface area (Å²) in [6.07, 6.45) is 3.76. The predicted octanol–water partition coefficient (Wildman–Crippen LogP) is 5.81. The first-order chi connectivity index (χ1) is 19.0. The fourth-order valence-electron chi connectivity index (χ4n) is 6.73. The molecular weight excluding hydrogens is 491 g/mol. The fraction of sp³-hybridized carbons (Fsp3) is 0.121. The van der Waals surface area contributed by atoms with Gasteiger partial charge in [-0.3, -0.25) is 14.4 Å². The molecule has 6 heteroatoms. The van der Waals surface area contributed by atoms with E-state index in [1.807, 2.05) is 71.8 Å². The van der Waals surface area contributed by atoms with Gasteiger partial charge in [-0.15, -0.1) is 0 Å². The Morgan fingerprint density at radius 2 is 1.44 bits per heavy atom. The number of nitrogens with one attached hydrogen (secondary N) is 1. The van der Waals surface area contributed by atoms with E-state index in [-0.39, 0.29) is 23.0 Å². The minimum absolute atomic E-state index is 0.251. The lowest BCUT2D eigenvalue weighted by Gasteiger charge is -2.38. The SMILES string of the molecule is O=C(c1ccc(F)cc1)[C@@H]1[C@H](C(=O)c2ccccc2)N2C=Cc3ccccc3[C@@H]2[C@@]12C(=O)Nc1ccccc12.